The zero-order chi connectivity index (χ0) is 14.2. The van der Waals surface area contributed by atoms with Gasteiger partial charge >= 0.3 is 0 Å². The Morgan fingerprint density at radius 2 is 2.11 bits per heavy atom. The van der Waals surface area contributed by atoms with Crippen LogP contribution in [0.5, 0.6) is 0 Å². The fourth-order valence-corrected chi connectivity index (χ4v) is 2.64. The number of hydrogen-bond acceptors (Lipinski definition) is 1. The molecule has 1 N–H and O–H groups in total. The van der Waals surface area contributed by atoms with Crippen LogP contribution < -0.4 is 5.56 Å². The van der Waals surface area contributed by atoms with Gasteiger partial charge in [0.25, 0.3) is 5.56 Å². The quantitative estimate of drug-likeness (QED) is 0.893. The van der Waals surface area contributed by atoms with Gasteiger partial charge in [-0.3, -0.25) is 4.79 Å². The molecule has 1 aromatic heterocycles. The van der Waals surface area contributed by atoms with Crippen LogP contribution in [-0.4, -0.2) is 10.7 Å². The molecular formula is C15H19F2NO. The Labute approximate surface area is 111 Å². The van der Waals surface area contributed by atoms with Crippen molar-refractivity contribution in [3.8, 4) is 0 Å². The van der Waals surface area contributed by atoms with Gasteiger partial charge in [0, 0.05) is 17.7 Å². The Kier molecular flexibility index (Phi) is 3.61. The third kappa shape index (κ3) is 2.36. The summed E-state index contributed by atoms with van der Waals surface area (Å²) in [5.74, 6) is -0.787. The van der Waals surface area contributed by atoms with Gasteiger partial charge in [-0.05, 0) is 37.0 Å². The second kappa shape index (κ2) is 4.91. The lowest BCUT2D eigenvalue weighted by atomic mass is 9.84. The molecule has 1 aliphatic rings. The number of nitrogens with one attached hydrogen (secondary N) is 1. The second-order valence-electron chi connectivity index (χ2n) is 5.27. The summed E-state index contributed by atoms with van der Waals surface area (Å²) >= 11 is 0. The van der Waals surface area contributed by atoms with Crippen LogP contribution in [0.15, 0.2) is 10.6 Å². The van der Waals surface area contributed by atoms with E-state index >= 15 is 0 Å². The number of alkyl halides is 1. The summed E-state index contributed by atoms with van der Waals surface area (Å²) in [4.78, 5) is 14.8. The number of fused-ring (bicyclic) bond motifs is 1. The second-order valence-corrected chi connectivity index (χ2v) is 5.27. The molecule has 4 heteroatoms. The Morgan fingerprint density at radius 1 is 1.42 bits per heavy atom. The molecule has 2 nitrogen and oxygen atoms in total. The van der Waals surface area contributed by atoms with E-state index in [1.807, 2.05) is 13.8 Å². The lowest BCUT2D eigenvalue weighted by Gasteiger charge is -2.26. The first-order valence-corrected chi connectivity index (χ1v) is 6.74. The highest BCUT2D eigenvalue weighted by atomic mass is 19.2. The topological polar surface area (TPSA) is 32.9 Å². The van der Waals surface area contributed by atoms with Gasteiger partial charge in [-0.15, -0.1) is 0 Å². The number of allylic oxidation sites excluding steroid dienone is 1. The van der Waals surface area contributed by atoms with E-state index in [9.17, 15) is 13.6 Å². The van der Waals surface area contributed by atoms with Crippen LogP contribution in [0, 0.1) is 0 Å². The largest absolute Gasteiger partial charge is 0.326 e. The minimum Gasteiger partial charge on any atom is -0.326 e. The summed E-state index contributed by atoms with van der Waals surface area (Å²) < 4.78 is 27.8. The highest BCUT2D eigenvalue weighted by molar-refractivity contribution is 5.64. The molecule has 1 heterocycles. The van der Waals surface area contributed by atoms with Gasteiger partial charge < -0.3 is 4.98 Å². The SMILES string of the molecule is CCCc1c(CC)[nH]c(=O)c2c1C=C(F)C(C)(F)C2. The Morgan fingerprint density at radius 3 is 2.68 bits per heavy atom. The van der Waals surface area contributed by atoms with Crippen LogP contribution in [0.4, 0.5) is 8.78 Å². The fourth-order valence-electron chi connectivity index (χ4n) is 2.64. The predicted octanol–water partition coefficient (Wildman–Crippen LogP) is 3.48. The molecule has 19 heavy (non-hydrogen) atoms. The molecule has 104 valence electrons. The summed E-state index contributed by atoms with van der Waals surface area (Å²) in [6.07, 6.45) is 3.35. The number of pyridine rings is 1. The lowest BCUT2D eigenvalue weighted by molar-refractivity contribution is 0.197. The van der Waals surface area contributed by atoms with Gasteiger partial charge in [-0.2, -0.15) is 0 Å². The number of aryl methyl sites for hydroxylation is 1. The molecule has 0 saturated carbocycles. The molecule has 1 atom stereocenters. The molecule has 1 aliphatic carbocycles. The maximum absolute atomic E-state index is 14.0. The minimum atomic E-state index is -2.07. The number of H-pyrrole nitrogens is 1. The van der Waals surface area contributed by atoms with Gasteiger partial charge in [0.05, 0.1) is 0 Å². The molecule has 0 fully saturated rings. The molecule has 0 saturated heterocycles. The van der Waals surface area contributed by atoms with Crippen molar-refractivity contribution in [3.63, 3.8) is 0 Å². The van der Waals surface area contributed by atoms with Crippen LogP contribution in [0.1, 0.15) is 49.6 Å². The van der Waals surface area contributed by atoms with Gasteiger partial charge in [0.15, 0.2) is 5.67 Å². The van der Waals surface area contributed by atoms with E-state index in [-0.39, 0.29) is 12.0 Å². The fraction of sp³-hybridized carbons (Fsp3) is 0.533. The number of rotatable bonds is 3. The van der Waals surface area contributed by atoms with E-state index in [4.69, 9.17) is 0 Å². The molecule has 0 amide bonds. The van der Waals surface area contributed by atoms with E-state index in [2.05, 4.69) is 4.98 Å². The van der Waals surface area contributed by atoms with Crippen molar-refractivity contribution < 1.29 is 8.78 Å². The number of aromatic amines is 1. The zero-order valence-electron chi connectivity index (χ0n) is 11.6. The van der Waals surface area contributed by atoms with Crippen LogP contribution in [-0.2, 0) is 19.3 Å². The number of hydrogen-bond donors (Lipinski definition) is 1. The maximum atomic E-state index is 14.0. The highest BCUT2D eigenvalue weighted by Gasteiger charge is 2.36. The van der Waals surface area contributed by atoms with Crippen molar-refractivity contribution in [2.24, 2.45) is 0 Å². The third-order valence-electron chi connectivity index (χ3n) is 3.68. The predicted molar refractivity (Wildman–Crippen MR) is 72.7 cm³/mol. The van der Waals surface area contributed by atoms with E-state index in [0.717, 1.165) is 24.1 Å². The van der Waals surface area contributed by atoms with Gasteiger partial charge in [-0.1, -0.05) is 20.3 Å². The van der Waals surface area contributed by atoms with Crippen molar-refractivity contribution in [1.82, 2.24) is 4.98 Å². The lowest BCUT2D eigenvalue weighted by Crippen LogP contribution is -2.32. The van der Waals surface area contributed by atoms with Crippen molar-refractivity contribution in [1.29, 1.82) is 0 Å². The van der Waals surface area contributed by atoms with E-state index in [0.29, 0.717) is 17.5 Å². The third-order valence-corrected chi connectivity index (χ3v) is 3.68. The number of halogens is 2. The molecule has 0 spiro atoms. The molecule has 0 aromatic carbocycles. The van der Waals surface area contributed by atoms with Crippen molar-refractivity contribution in [3.05, 3.63) is 38.6 Å². The van der Waals surface area contributed by atoms with Gasteiger partial charge in [0.2, 0.25) is 0 Å². The average Bonchev–Trinajstić information content (AvgIpc) is 2.35. The molecular weight excluding hydrogens is 248 g/mol. The van der Waals surface area contributed by atoms with Crippen LogP contribution in [0.3, 0.4) is 0 Å². The summed E-state index contributed by atoms with van der Waals surface area (Å²) in [5.41, 5.74) is 0.376. The maximum Gasteiger partial charge on any atom is 0.252 e. The Hall–Kier alpha value is -1.45. The van der Waals surface area contributed by atoms with E-state index < -0.39 is 11.5 Å². The Bertz CT molecular complexity index is 585. The van der Waals surface area contributed by atoms with Crippen LogP contribution in [0.2, 0.25) is 0 Å². The standard InChI is InChI=1S/C15H19F2NO/c1-4-6-9-10-7-13(16)15(3,17)8-11(10)14(19)18-12(9)5-2/h7H,4-6,8H2,1-3H3,(H,18,19). The zero-order valence-corrected chi connectivity index (χ0v) is 11.6. The molecule has 2 rings (SSSR count). The average molecular weight is 267 g/mol. The van der Waals surface area contributed by atoms with Gasteiger partial charge in [-0.25, -0.2) is 8.78 Å². The smallest absolute Gasteiger partial charge is 0.252 e. The van der Waals surface area contributed by atoms with Crippen LogP contribution >= 0.6 is 0 Å². The minimum absolute atomic E-state index is 0.194. The van der Waals surface area contributed by atoms with E-state index in [1.165, 1.54) is 13.0 Å². The highest BCUT2D eigenvalue weighted by Crippen LogP contribution is 2.36. The van der Waals surface area contributed by atoms with Crippen LogP contribution in [0.25, 0.3) is 6.08 Å². The molecule has 0 radical (unpaired) electrons. The summed E-state index contributed by atoms with van der Waals surface area (Å²) in [6.45, 7) is 5.15. The molecule has 1 unspecified atom stereocenters. The van der Waals surface area contributed by atoms with Crippen molar-refractivity contribution in [2.45, 2.75) is 52.1 Å². The monoisotopic (exact) mass is 267 g/mol. The molecule has 0 aliphatic heterocycles. The normalized spacial score (nSPS) is 22.1. The van der Waals surface area contributed by atoms with Gasteiger partial charge in [0.1, 0.15) is 5.83 Å². The van der Waals surface area contributed by atoms with Crippen molar-refractivity contribution in [2.75, 3.05) is 0 Å². The van der Waals surface area contributed by atoms with Crippen molar-refractivity contribution >= 4 is 6.08 Å². The number of aromatic nitrogens is 1. The first kappa shape index (κ1) is 14.0. The van der Waals surface area contributed by atoms with E-state index in [1.54, 1.807) is 0 Å². The molecule has 1 aromatic rings. The first-order chi connectivity index (χ1) is 8.90. The summed E-state index contributed by atoms with van der Waals surface area (Å²) in [6, 6.07) is 0. The Balaban J connectivity index is 2.71. The summed E-state index contributed by atoms with van der Waals surface area (Å²) in [7, 11) is 0. The molecule has 0 bridgehead atoms. The first-order valence-electron chi connectivity index (χ1n) is 6.74. The summed E-state index contributed by atoms with van der Waals surface area (Å²) in [5, 5.41) is 0.